The summed E-state index contributed by atoms with van der Waals surface area (Å²) >= 11 is 0. The van der Waals surface area contributed by atoms with Crippen LogP contribution in [-0.2, 0) is 19.1 Å². The maximum absolute atomic E-state index is 13.0. The van der Waals surface area contributed by atoms with Gasteiger partial charge in [-0.25, -0.2) is 0 Å². The molecule has 1 unspecified atom stereocenters. The number of likely N-dealkylation sites (tertiary alicyclic amines) is 1. The first-order valence-corrected chi connectivity index (χ1v) is 9.79. The molecule has 1 N–H and O–H groups in total. The summed E-state index contributed by atoms with van der Waals surface area (Å²) in [6, 6.07) is 0. The maximum Gasteiger partial charge on any atom is 0.309 e. The van der Waals surface area contributed by atoms with Crippen LogP contribution in [0.4, 0.5) is 0 Å². The molecular formula is C19H31NO5. The third kappa shape index (κ3) is 3.85. The first-order chi connectivity index (χ1) is 12.1. The Bertz CT molecular complexity index is 482. The Kier molecular flexibility index (Phi) is 6.00. The van der Waals surface area contributed by atoms with E-state index in [9.17, 15) is 14.7 Å². The number of carbonyl (C=O) groups is 2. The van der Waals surface area contributed by atoms with Crippen LogP contribution >= 0.6 is 0 Å². The van der Waals surface area contributed by atoms with Crippen molar-refractivity contribution in [3.63, 3.8) is 0 Å². The number of rotatable bonds is 7. The molecule has 6 heteroatoms. The minimum absolute atomic E-state index is 0.176. The summed E-state index contributed by atoms with van der Waals surface area (Å²) in [7, 11) is 0. The predicted molar refractivity (Wildman–Crippen MR) is 92.2 cm³/mol. The Labute approximate surface area is 149 Å². The number of amides is 1. The lowest BCUT2D eigenvalue weighted by Gasteiger charge is -2.45. The molecule has 0 bridgehead atoms. The predicted octanol–water partition coefficient (Wildman–Crippen LogP) is 2.31. The second-order valence-corrected chi connectivity index (χ2v) is 7.78. The number of hydrogen-bond donors (Lipinski definition) is 1. The van der Waals surface area contributed by atoms with Crippen LogP contribution in [0.2, 0.25) is 0 Å². The fraction of sp³-hybridized carbons (Fsp3) is 0.895. The first kappa shape index (κ1) is 18.6. The van der Waals surface area contributed by atoms with Gasteiger partial charge >= 0.3 is 5.97 Å². The van der Waals surface area contributed by atoms with Crippen LogP contribution in [0.5, 0.6) is 0 Å². The topological polar surface area (TPSA) is 76.1 Å². The zero-order valence-corrected chi connectivity index (χ0v) is 15.2. The second-order valence-electron chi connectivity index (χ2n) is 7.78. The van der Waals surface area contributed by atoms with E-state index >= 15 is 0 Å². The minimum atomic E-state index is -0.745. The minimum Gasteiger partial charge on any atom is -0.481 e. The summed E-state index contributed by atoms with van der Waals surface area (Å²) < 4.78 is 11.2. The van der Waals surface area contributed by atoms with Gasteiger partial charge in [-0.3, -0.25) is 9.59 Å². The molecule has 3 rings (SSSR count). The number of carboxylic acids is 1. The van der Waals surface area contributed by atoms with Crippen molar-refractivity contribution in [3.05, 3.63) is 0 Å². The highest BCUT2D eigenvalue weighted by molar-refractivity contribution is 5.83. The Hall–Kier alpha value is -1.14. The number of hydrogen-bond acceptors (Lipinski definition) is 4. The summed E-state index contributed by atoms with van der Waals surface area (Å²) in [4.78, 5) is 26.4. The molecule has 1 aliphatic carbocycles. The molecular weight excluding hydrogens is 322 g/mol. The van der Waals surface area contributed by atoms with Crippen molar-refractivity contribution < 1.29 is 24.2 Å². The van der Waals surface area contributed by atoms with Gasteiger partial charge in [0, 0.05) is 32.9 Å². The van der Waals surface area contributed by atoms with Crippen LogP contribution in [0.1, 0.15) is 51.9 Å². The van der Waals surface area contributed by atoms with Gasteiger partial charge in [0.15, 0.2) is 0 Å². The van der Waals surface area contributed by atoms with E-state index in [0.717, 1.165) is 51.6 Å². The second kappa shape index (κ2) is 8.04. The number of carbonyl (C=O) groups excluding carboxylic acids is 1. The van der Waals surface area contributed by atoms with Gasteiger partial charge in [0.25, 0.3) is 0 Å². The van der Waals surface area contributed by atoms with Gasteiger partial charge in [-0.2, -0.15) is 0 Å². The molecule has 0 aromatic heterocycles. The first-order valence-electron chi connectivity index (χ1n) is 9.79. The fourth-order valence-electron chi connectivity index (χ4n) is 4.69. The van der Waals surface area contributed by atoms with Gasteiger partial charge in [0.05, 0.1) is 17.4 Å². The standard InChI is InChI=1S/C19H31NO5/c1-2-24-13-9-19(7-3-8-19)18(23)20-10-4-14(5-11-20)16-15(17(21)22)6-12-25-16/h14-16H,2-13H2,1H3,(H,21,22)/t15?,16-/m0/s1. The number of carboxylic acid groups (broad SMARTS) is 1. The molecule has 2 saturated heterocycles. The van der Waals surface area contributed by atoms with Crippen molar-refractivity contribution in [2.24, 2.45) is 17.3 Å². The van der Waals surface area contributed by atoms with Crippen LogP contribution in [0, 0.1) is 17.3 Å². The molecule has 3 fully saturated rings. The quantitative estimate of drug-likeness (QED) is 0.711. The van der Waals surface area contributed by atoms with Gasteiger partial charge in [0.2, 0.25) is 5.91 Å². The molecule has 1 saturated carbocycles. The Morgan fingerprint density at radius 3 is 2.52 bits per heavy atom. The lowest BCUT2D eigenvalue weighted by molar-refractivity contribution is -0.153. The summed E-state index contributed by atoms with van der Waals surface area (Å²) in [6.07, 6.45) is 6.04. The van der Waals surface area contributed by atoms with Gasteiger partial charge in [0.1, 0.15) is 0 Å². The fourth-order valence-corrected chi connectivity index (χ4v) is 4.69. The Morgan fingerprint density at radius 2 is 1.96 bits per heavy atom. The highest BCUT2D eigenvalue weighted by Crippen LogP contribution is 2.46. The molecule has 2 aliphatic heterocycles. The lowest BCUT2D eigenvalue weighted by Crippen LogP contribution is -2.52. The molecule has 3 aliphatic rings. The molecule has 2 atom stereocenters. The normalized spacial score (nSPS) is 29.4. The van der Waals surface area contributed by atoms with Crippen molar-refractivity contribution in [2.75, 3.05) is 32.9 Å². The zero-order valence-electron chi connectivity index (χ0n) is 15.2. The molecule has 0 aromatic carbocycles. The van der Waals surface area contributed by atoms with Crippen molar-refractivity contribution in [1.82, 2.24) is 4.90 Å². The average molecular weight is 353 g/mol. The summed E-state index contributed by atoms with van der Waals surface area (Å²) in [6.45, 7) is 5.34. The molecule has 0 aromatic rings. The highest BCUT2D eigenvalue weighted by Gasteiger charge is 2.47. The van der Waals surface area contributed by atoms with Gasteiger partial charge in [-0.15, -0.1) is 0 Å². The van der Waals surface area contributed by atoms with Crippen molar-refractivity contribution in [3.8, 4) is 0 Å². The summed E-state index contributed by atoms with van der Waals surface area (Å²) in [5.74, 6) is -0.575. The van der Waals surface area contributed by atoms with E-state index in [4.69, 9.17) is 9.47 Å². The SMILES string of the molecule is CCOCCC1(C(=O)N2CCC([C@@H]3OCCC3C(=O)O)CC2)CCC1. The molecule has 0 radical (unpaired) electrons. The van der Waals surface area contributed by atoms with E-state index in [1.165, 1.54) is 0 Å². The van der Waals surface area contributed by atoms with E-state index in [1.54, 1.807) is 0 Å². The molecule has 25 heavy (non-hydrogen) atoms. The third-order valence-corrected chi connectivity index (χ3v) is 6.44. The highest BCUT2D eigenvalue weighted by atomic mass is 16.5. The Balaban J connectivity index is 1.53. The van der Waals surface area contributed by atoms with Crippen molar-refractivity contribution in [2.45, 2.75) is 58.0 Å². The number of nitrogens with zero attached hydrogens (tertiary/aromatic N) is 1. The summed E-state index contributed by atoms with van der Waals surface area (Å²) in [5.41, 5.74) is -0.199. The molecule has 1 amide bonds. The van der Waals surface area contributed by atoms with Gasteiger partial charge in [-0.1, -0.05) is 6.42 Å². The van der Waals surface area contributed by atoms with E-state index in [-0.39, 0.29) is 23.4 Å². The van der Waals surface area contributed by atoms with Crippen LogP contribution < -0.4 is 0 Å². The number of ether oxygens (including phenoxy) is 2. The number of aliphatic carboxylic acids is 1. The van der Waals surface area contributed by atoms with E-state index in [0.29, 0.717) is 32.1 Å². The van der Waals surface area contributed by atoms with Crippen molar-refractivity contribution in [1.29, 1.82) is 0 Å². The van der Waals surface area contributed by atoms with Crippen LogP contribution in [0.25, 0.3) is 0 Å². The molecule has 142 valence electrons. The largest absolute Gasteiger partial charge is 0.481 e. The van der Waals surface area contributed by atoms with Crippen LogP contribution in [-0.4, -0.2) is 60.9 Å². The van der Waals surface area contributed by atoms with E-state index in [2.05, 4.69) is 0 Å². The van der Waals surface area contributed by atoms with Gasteiger partial charge in [-0.05, 0) is 51.4 Å². The zero-order chi connectivity index (χ0) is 17.9. The van der Waals surface area contributed by atoms with Crippen molar-refractivity contribution >= 4 is 11.9 Å². The lowest BCUT2D eigenvalue weighted by atomic mass is 9.65. The summed E-state index contributed by atoms with van der Waals surface area (Å²) in [5, 5.41) is 9.35. The third-order valence-electron chi connectivity index (χ3n) is 6.44. The smallest absolute Gasteiger partial charge is 0.309 e. The Morgan fingerprint density at radius 1 is 1.24 bits per heavy atom. The molecule has 6 nitrogen and oxygen atoms in total. The molecule has 0 spiro atoms. The average Bonchev–Trinajstić information content (AvgIpc) is 3.07. The van der Waals surface area contributed by atoms with Crippen LogP contribution in [0.15, 0.2) is 0 Å². The van der Waals surface area contributed by atoms with Gasteiger partial charge < -0.3 is 19.5 Å². The van der Waals surface area contributed by atoms with E-state index < -0.39 is 5.97 Å². The van der Waals surface area contributed by atoms with E-state index in [1.807, 2.05) is 11.8 Å². The van der Waals surface area contributed by atoms with Crippen LogP contribution in [0.3, 0.4) is 0 Å². The molecule has 2 heterocycles. The monoisotopic (exact) mass is 353 g/mol. The maximum atomic E-state index is 13.0. The number of piperidine rings is 1.